The molecule has 0 spiro atoms. The van der Waals surface area contributed by atoms with E-state index in [1.165, 1.54) is 11.1 Å². The maximum Gasteiger partial charge on any atom is 0.253 e. The first-order valence-corrected chi connectivity index (χ1v) is 10.2. The summed E-state index contributed by atoms with van der Waals surface area (Å²) >= 11 is 0. The van der Waals surface area contributed by atoms with Crippen LogP contribution in [-0.4, -0.2) is 36.6 Å². The van der Waals surface area contributed by atoms with Crippen molar-refractivity contribution in [3.8, 4) is 5.75 Å². The molecule has 0 bridgehead atoms. The fourth-order valence-corrected chi connectivity index (χ4v) is 4.46. The Morgan fingerprint density at radius 3 is 2.86 bits per heavy atom. The zero-order valence-electron chi connectivity index (χ0n) is 16.3. The van der Waals surface area contributed by atoms with Gasteiger partial charge in [0, 0.05) is 32.5 Å². The van der Waals surface area contributed by atoms with Crippen molar-refractivity contribution in [1.82, 2.24) is 15.6 Å². The normalized spacial score (nSPS) is 19.2. The molecule has 0 atom stereocenters. The number of fused-ring (bicyclic) bond motifs is 2. The quantitative estimate of drug-likeness (QED) is 0.858. The molecule has 0 saturated carbocycles. The van der Waals surface area contributed by atoms with E-state index in [1.807, 2.05) is 13.0 Å². The van der Waals surface area contributed by atoms with Gasteiger partial charge < -0.3 is 20.3 Å². The molecule has 146 valence electrons. The molecule has 1 fully saturated rings. The Morgan fingerprint density at radius 2 is 2.00 bits per heavy atom. The third kappa shape index (κ3) is 3.22. The maximum absolute atomic E-state index is 11.8. The Bertz CT molecular complexity index is 919. The number of benzene rings is 1. The van der Waals surface area contributed by atoms with Gasteiger partial charge in [0.2, 0.25) is 0 Å². The minimum atomic E-state index is -0.00918. The Morgan fingerprint density at radius 1 is 1.14 bits per heavy atom. The van der Waals surface area contributed by atoms with E-state index in [-0.39, 0.29) is 12.0 Å². The number of nitrogens with zero attached hydrogens (tertiary/aromatic N) is 2. The maximum atomic E-state index is 11.8. The third-order valence-corrected chi connectivity index (χ3v) is 6.03. The molecule has 5 rings (SSSR count). The van der Waals surface area contributed by atoms with Gasteiger partial charge in [-0.25, -0.2) is 4.98 Å². The lowest BCUT2D eigenvalue weighted by Gasteiger charge is -2.34. The van der Waals surface area contributed by atoms with Crippen molar-refractivity contribution in [2.45, 2.75) is 45.4 Å². The summed E-state index contributed by atoms with van der Waals surface area (Å²) in [5.74, 6) is 2.00. The summed E-state index contributed by atoms with van der Waals surface area (Å²) in [5, 5.41) is 6.26. The van der Waals surface area contributed by atoms with Gasteiger partial charge in [-0.1, -0.05) is 6.07 Å². The van der Waals surface area contributed by atoms with Gasteiger partial charge in [0.05, 0.1) is 17.8 Å². The molecule has 0 aliphatic carbocycles. The molecule has 1 saturated heterocycles. The highest BCUT2D eigenvalue weighted by Crippen LogP contribution is 2.28. The van der Waals surface area contributed by atoms with Crippen LogP contribution in [-0.2, 0) is 19.5 Å². The summed E-state index contributed by atoms with van der Waals surface area (Å²) in [5.41, 5.74) is 5.46. The summed E-state index contributed by atoms with van der Waals surface area (Å²) in [7, 11) is 0. The summed E-state index contributed by atoms with van der Waals surface area (Å²) in [6.07, 6.45) is 3.28. The van der Waals surface area contributed by atoms with Gasteiger partial charge in [-0.15, -0.1) is 0 Å². The Hall–Kier alpha value is -2.60. The molecule has 3 aliphatic heterocycles. The fourth-order valence-electron chi connectivity index (χ4n) is 4.46. The molecule has 1 aromatic heterocycles. The van der Waals surface area contributed by atoms with Crippen LogP contribution >= 0.6 is 0 Å². The van der Waals surface area contributed by atoms with E-state index < -0.39 is 0 Å². The molecule has 4 heterocycles. The number of hydrogen-bond donors (Lipinski definition) is 2. The molecule has 2 aromatic rings. The molecular formula is C22H26N4O2. The van der Waals surface area contributed by atoms with Crippen molar-refractivity contribution in [1.29, 1.82) is 0 Å². The number of hydrogen-bond acceptors (Lipinski definition) is 5. The van der Waals surface area contributed by atoms with Gasteiger partial charge in [-0.3, -0.25) is 4.79 Å². The predicted octanol–water partition coefficient (Wildman–Crippen LogP) is 2.33. The molecule has 0 unspecified atom stereocenters. The minimum absolute atomic E-state index is 0.00918. The van der Waals surface area contributed by atoms with Crippen molar-refractivity contribution < 1.29 is 9.53 Å². The summed E-state index contributed by atoms with van der Waals surface area (Å²) in [4.78, 5) is 18.9. The summed E-state index contributed by atoms with van der Waals surface area (Å²) in [6.45, 7) is 6.43. The third-order valence-electron chi connectivity index (χ3n) is 6.03. The second-order valence-electron chi connectivity index (χ2n) is 7.97. The van der Waals surface area contributed by atoms with Gasteiger partial charge in [0.25, 0.3) is 5.91 Å². The number of nitrogens with one attached hydrogen (secondary N) is 2. The summed E-state index contributed by atoms with van der Waals surface area (Å²) < 4.78 is 6.30. The van der Waals surface area contributed by atoms with Crippen LogP contribution in [0, 0.1) is 6.92 Å². The highest BCUT2D eigenvalue weighted by atomic mass is 16.5. The van der Waals surface area contributed by atoms with Crippen LogP contribution in [0.2, 0.25) is 0 Å². The Balaban J connectivity index is 1.24. The molecule has 1 amide bonds. The van der Waals surface area contributed by atoms with Crippen molar-refractivity contribution >= 4 is 11.7 Å². The lowest BCUT2D eigenvalue weighted by atomic mass is 10.0. The van der Waals surface area contributed by atoms with Crippen molar-refractivity contribution in [3.63, 3.8) is 0 Å². The number of anilines is 1. The Kier molecular flexibility index (Phi) is 4.43. The first kappa shape index (κ1) is 17.5. The average molecular weight is 378 g/mol. The number of pyridine rings is 1. The molecule has 2 N–H and O–H groups in total. The molecule has 3 aliphatic rings. The van der Waals surface area contributed by atoms with Gasteiger partial charge in [0.1, 0.15) is 17.7 Å². The largest absolute Gasteiger partial charge is 0.490 e. The van der Waals surface area contributed by atoms with Crippen molar-refractivity contribution in [2.75, 3.05) is 24.5 Å². The number of carbonyl (C=O) groups excluding carboxylic acids is 1. The van der Waals surface area contributed by atoms with Crippen molar-refractivity contribution in [3.05, 3.63) is 52.2 Å². The SMILES string of the molecule is Cc1cc2c(nc1N1CCC(Oc3ccc4c(c3)CCNC4)CC1)CNC2=O. The van der Waals surface area contributed by atoms with Crippen LogP contribution in [0.1, 0.15) is 45.6 Å². The van der Waals surface area contributed by atoms with Gasteiger partial charge in [0.15, 0.2) is 0 Å². The fraction of sp³-hybridized carbons (Fsp3) is 0.455. The smallest absolute Gasteiger partial charge is 0.253 e. The lowest BCUT2D eigenvalue weighted by molar-refractivity contribution is 0.0965. The number of rotatable bonds is 3. The number of piperidine rings is 1. The van der Waals surface area contributed by atoms with E-state index in [2.05, 4.69) is 33.7 Å². The monoisotopic (exact) mass is 378 g/mol. The van der Waals surface area contributed by atoms with E-state index in [1.54, 1.807) is 0 Å². The number of amides is 1. The second kappa shape index (κ2) is 7.09. The van der Waals surface area contributed by atoms with Crippen LogP contribution in [0.25, 0.3) is 0 Å². The van der Waals surface area contributed by atoms with Crippen LogP contribution < -0.4 is 20.3 Å². The minimum Gasteiger partial charge on any atom is -0.490 e. The molecule has 28 heavy (non-hydrogen) atoms. The van der Waals surface area contributed by atoms with E-state index in [0.717, 1.165) is 73.8 Å². The van der Waals surface area contributed by atoms with E-state index in [0.29, 0.717) is 6.54 Å². The van der Waals surface area contributed by atoms with Gasteiger partial charge >= 0.3 is 0 Å². The first-order valence-electron chi connectivity index (χ1n) is 10.2. The molecule has 6 nitrogen and oxygen atoms in total. The van der Waals surface area contributed by atoms with Crippen molar-refractivity contribution in [2.24, 2.45) is 0 Å². The zero-order valence-corrected chi connectivity index (χ0v) is 16.3. The van der Waals surface area contributed by atoms with E-state index in [9.17, 15) is 4.79 Å². The van der Waals surface area contributed by atoms with E-state index in [4.69, 9.17) is 9.72 Å². The van der Waals surface area contributed by atoms with E-state index >= 15 is 0 Å². The highest BCUT2D eigenvalue weighted by molar-refractivity contribution is 5.98. The van der Waals surface area contributed by atoms with Crippen LogP contribution in [0.3, 0.4) is 0 Å². The zero-order chi connectivity index (χ0) is 19.1. The van der Waals surface area contributed by atoms with Gasteiger partial charge in [-0.05, 0) is 54.8 Å². The molecular weight excluding hydrogens is 352 g/mol. The molecule has 0 radical (unpaired) electrons. The standard InChI is InChI=1S/C22H26N4O2/c1-14-10-19-20(13-24-22(19)27)25-21(14)26-8-5-17(6-9-26)28-18-3-2-16-12-23-7-4-15(16)11-18/h2-3,10-11,17,23H,4-9,12-13H2,1H3,(H,24,27). The number of aryl methyl sites for hydroxylation is 1. The molecule has 1 aromatic carbocycles. The Labute approximate surface area is 165 Å². The number of carbonyl (C=O) groups is 1. The van der Waals surface area contributed by atoms with Crippen LogP contribution in [0.15, 0.2) is 24.3 Å². The highest BCUT2D eigenvalue weighted by Gasteiger charge is 2.26. The van der Waals surface area contributed by atoms with Gasteiger partial charge in [-0.2, -0.15) is 0 Å². The number of aromatic nitrogens is 1. The average Bonchev–Trinajstić information content (AvgIpc) is 3.08. The topological polar surface area (TPSA) is 66.5 Å². The predicted molar refractivity (Wildman–Crippen MR) is 108 cm³/mol. The molecule has 6 heteroatoms. The summed E-state index contributed by atoms with van der Waals surface area (Å²) in [6, 6.07) is 8.50. The van der Waals surface area contributed by atoms with Crippen LogP contribution in [0.4, 0.5) is 5.82 Å². The lowest BCUT2D eigenvalue weighted by Crippen LogP contribution is -2.39. The first-order chi connectivity index (χ1) is 13.7. The second-order valence-corrected chi connectivity index (χ2v) is 7.97. The number of ether oxygens (including phenoxy) is 1. The van der Waals surface area contributed by atoms with Crippen LogP contribution in [0.5, 0.6) is 5.75 Å².